The van der Waals surface area contributed by atoms with Crippen molar-refractivity contribution in [3.8, 4) is 5.75 Å². The lowest BCUT2D eigenvalue weighted by atomic mass is 10.1. The van der Waals surface area contributed by atoms with Crippen LogP contribution in [0, 0.1) is 0 Å². The highest BCUT2D eigenvalue weighted by Gasteiger charge is 2.18. The molecule has 2 amide bonds. The smallest absolute Gasteiger partial charge is 0.339 e. The third kappa shape index (κ3) is 3.60. The number of hydrogen-bond donors (Lipinski definition) is 2. The lowest BCUT2D eigenvalue weighted by Gasteiger charge is -2.12. The van der Waals surface area contributed by atoms with E-state index >= 15 is 0 Å². The Kier molecular flexibility index (Phi) is 4.65. The van der Waals surface area contributed by atoms with Crippen LogP contribution in [0.2, 0.25) is 0 Å². The summed E-state index contributed by atoms with van der Waals surface area (Å²) in [6, 6.07) is 11.3. The highest BCUT2D eigenvalue weighted by atomic mass is 16.5. The van der Waals surface area contributed by atoms with Crippen LogP contribution in [0.15, 0.2) is 42.5 Å². The number of carbonyl (C=O) groups is 3. The molecular weight excluding hydrogens is 324 g/mol. The molecule has 0 saturated heterocycles. The Balaban J connectivity index is 1.85. The van der Waals surface area contributed by atoms with Gasteiger partial charge in [-0.1, -0.05) is 12.1 Å². The topological polar surface area (TPSA) is 93.7 Å². The molecule has 0 fully saturated rings. The zero-order valence-corrected chi connectivity index (χ0v) is 13.5. The number of nitrogens with one attached hydrogen (secondary N) is 2. The maximum absolute atomic E-state index is 12.5. The van der Waals surface area contributed by atoms with E-state index in [1.807, 2.05) is 0 Å². The van der Waals surface area contributed by atoms with Gasteiger partial charge in [-0.05, 0) is 30.3 Å². The molecule has 1 aliphatic heterocycles. The summed E-state index contributed by atoms with van der Waals surface area (Å²) in [6.45, 7) is 0.289. The van der Waals surface area contributed by atoms with Crippen molar-refractivity contribution in [2.45, 2.75) is 6.42 Å². The molecule has 1 heterocycles. The molecule has 0 aliphatic carbocycles. The molecule has 0 aromatic heterocycles. The van der Waals surface area contributed by atoms with E-state index < -0.39 is 11.9 Å². The van der Waals surface area contributed by atoms with E-state index in [0.29, 0.717) is 22.7 Å². The van der Waals surface area contributed by atoms with Crippen molar-refractivity contribution in [2.75, 3.05) is 24.4 Å². The van der Waals surface area contributed by atoms with Gasteiger partial charge < -0.3 is 20.1 Å². The number of benzene rings is 2. The molecule has 0 bridgehead atoms. The minimum absolute atomic E-state index is 0.174. The second kappa shape index (κ2) is 7.04. The number of carbonyl (C=O) groups excluding carboxylic acids is 3. The minimum atomic E-state index is -0.543. The summed E-state index contributed by atoms with van der Waals surface area (Å²) in [7, 11) is 1.27. The van der Waals surface area contributed by atoms with Crippen LogP contribution in [0.5, 0.6) is 5.75 Å². The van der Waals surface area contributed by atoms with Gasteiger partial charge in [-0.3, -0.25) is 9.59 Å². The first kappa shape index (κ1) is 16.5. The molecule has 1 aliphatic rings. The molecule has 128 valence electrons. The standard InChI is InChI=1S/C18H16N2O5/c1-24-18(23)12-4-2-3-5-13(12)20-17(22)11-6-7-15-14(10-11)19-16(21)8-9-25-15/h2-7,10H,8-9H2,1H3,(H,19,21)(H,20,22). The monoisotopic (exact) mass is 340 g/mol. The summed E-state index contributed by atoms with van der Waals surface area (Å²) in [5.74, 6) is -0.624. The number of fused-ring (bicyclic) bond motifs is 1. The normalized spacial score (nSPS) is 12.9. The summed E-state index contributed by atoms with van der Waals surface area (Å²) in [5.41, 5.74) is 1.36. The van der Waals surface area contributed by atoms with Crippen molar-refractivity contribution in [3.63, 3.8) is 0 Å². The molecule has 2 aromatic carbocycles. The molecule has 0 spiro atoms. The Bertz CT molecular complexity index is 847. The van der Waals surface area contributed by atoms with Crippen molar-refractivity contribution < 1.29 is 23.9 Å². The molecule has 3 rings (SSSR count). The highest BCUT2D eigenvalue weighted by Crippen LogP contribution is 2.28. The van der Waals surface area contributed by atoms with Gasteiger partial charge in [0.1, 0.15) is 5.75 Å². The maximum atomic E-state index is 12.5. The van der Waals surface area contributed by atoms with E-state index in [4.69, 9.17) is 9.47 Å². The lowest BCUT2D eigenvalue weighted by Crippen LogP contribution is -2.16. The Hall–Kier alpha value is -3.35. The average Bonchev–Trinajstić information content (AvgIpc) is 2.81. The number of esters is 1. The number of ether oxygens (including phenoxy) is 2. The van der Waals surface area contributed by atoms with Crippen molar-refractivity contribution in [1.29, 1.82) is 0 Å². The SMILES string of the molecule is COC(=O)c1ccccc1NC(=O)c1ccc2c(c1)NC(=O)CCO2. The second-order valence-electron chi connectivity index (χ2n) is 5.35. The summed E-state index contributed by atoms with van der Waals surface area (Å²) in [6.07, 6.45) is 0.253. The highest BCUT2D eigenvalue weighted by molar-refractivity contribution is 6.09. The zero-order chi connectivity index (χ0) is 17.8. The molecule has 0 saturated carbocycles. The van der Waals surface area contributed by atoms with Crippen molar-refractivity contribution in [3.05, 3.63) is 53.6 Å². The second-order valence-corrected chi connectivity index (χ2v) is 5.35. The first-order chi connectivity index (χ1) is 12.1. The van der Waals surface area contributed by atoms with E-state index in [2.05, 4.69) is 10.6 Å². The largest absolute Gasteiger partial charge is 0.491 e. The third-order valence-electron chi connectivity index (χ3n) is 3.68. The van der Waals surface area contributed by atoms with Crippen LogP contribution in [-0.4, -0.2) is 31.5 Å². The fraction of sp³-hybridized carbons (Fsp3) is 0.167. The molecule has 7 nitrogen and oxygen atoms in total. The molecule has 7 heteroatoms. The number of methoxy groups -OCH3 is 1. The molecule has 2 N–H and O–H groups in total. The molecular formula is C18H16N2O5. The lowest BCUT2D eigenvalue weighted by molar-refractivity contribution is -0.116. The van der Waals surface area contributed by atoms with Gasteiger partial charge in [0.05, 0.1) is 37.1 Å². The van der Waals surface area contributed by atoms with Gasteiger partial charge in [0.25, 0.3) is 5.91 Å². The number of rotatable bonds is 3. The Morgan fingerprint density at radius 3 is 2.80 bits per heavy atom. The predicted molar refractivity (Wildman–Crippen MR) is 90.9 cm³/mol. The van der Waals surface area contributed by atoms with Crippen molar-refractivity contribution in [2.24, 2.45) is 0 Å². The average molecular weight is 340 g/mol. The number of amides is 2. The van der Waals surface area contributed by atoms with Crippen molar-refractivity contribution >= 4 is 29.2 Å². The van der Waals surface area contributed by atoms with E-state index in [-0.39, 0.29) is 24.5 Å². The quantitative estimate of drug-likeness (QED) is 0.837. The summed E-state index contributed by atoms with van der Waals surface area (Å²) in [5, 5.41) is 5.38. The van der Waals surface area contributed by atoms with Crippen LogP contribution in [0.4, 0.5) is 11.4 Å². The number of para-hydroxylation sites is 1. The summed E-state index contributed by atoms with van der Waals surface area (Å²) >= 11 is 0. The molecule has 2 aromatic rings. The summed E-state index contributed by atoms with van der Waals surface area (Å²) in [4.78, 5) is 35.9. The number of hydrogen-bond acceptors (Lipinski definition) is 5. The van der Waals surface area contributed by atoms with E-state index in [1.54, 1.807) is 36.4 Å². The van der Waals surface area contributed by atoms with Crippen LogP contribution >= 0.6 is 0 Å². The Morgan fingerprint density at radius 1 is 1.20 bits per heavy atom. The summed E-state index contributed by atoms with van der Waals surface area (Å²) < 4.78 is 10.2. The van der Waals surface area contributed by atoms with Gasteiger partial charge in [0, 0.05) is 5.56 Å². The molecule has 0 unspecified atom stereocenters. The Labute approximate surface area is 143 Å². The van der Waals surface area contributed by atoms with Crippen LogP contribution in [-0.2, 0) is 9.53 Å². The fourth-order valence-corrected chi connectivity index (χ4v) is 2.44. The van der Waals surface area contributed by atoms with Gasteiger partial charge in [0.15, 0.2) is 0 Å². The van der Waals surface area contributed by atoms with Crippen LogP contribution in [0.25, 0.3) is 0 Å². The first-order valence-electron chi connectivity index (χ1n) is 7.64. The Morgan fingerprint density at radius 2 is 2.00 bits per heavy atom. The number of anilines is 2. The first-order valence-corrected chi connectivity index (χ1v) is 7.64. The van der Waals surface area contributed by atoms with E-state index in [0.717, 1.165) is 0 Å². The fourth-order valence-electron chi connectivity index (χ4n) is 2.44. The van der Waals surface area contributed by atoms with Gasteiger partial charge in [-0.2, -0.15) is 0 Å². The van der Waals surface area contributed by atoms with Crippen LogP contribution < -0.4 is 15.4 Å². The van der Waals surface area contributed by atoms with Gasteiger partial charge in [-0.15, -0.1) is 0 Å². The zero-order valence-electron chi connectivity index (χ0n) is 13.5. The maximum Gasteiger partial charge on any atom is 0.339 e. The minimum Gasteiger partial charge on any atom is -0.491 e. The van der Waals surface area contributed by atoms with Crippen LogP contribution in [0.1, 0.15) is 27.1 Å². The van der Waals surface area contributed by atoms with Gasteiger partial charge >= 0.3 is 5.97 Å². The van der Waals surface area contributed by atoms with E-state index in [1.165, 1.54) is 13.2 Å². The van der Waals surface area contributed by atoms with Gasteiger partial charge in [0.2, 0.25) is 5.91 Å². The van der Waals surface area contributed by atoms with E-state index in [9.17, 15) is 14.4 Å². The molecule has 25 heavy (non-hydrogen) atoms. The van der Waals surface area contributed by atoms with Crippen molar-refractivity contribution in [1.82, 2.24) is 0 Å². The molecule has 0 atom stereocenters. The van der Waals surface area contributed by atoms with Crippen LogP contribution in [0.3, 0.4) is 0 Å². The predicted octanol–water partition coefficient (Wildman–Crippen LogP) is 2.45. The molecule has 0 radical (unpaired) electrons. The third-order valence-corrected chi connectivity index (χ3v) is 3.68. The van der Waals surface area contributed by atoms with Gasteiger partial charge in [-0.25, -0.2) is 4.79 Å².